The summed E-state index contributed by atoms with van der Waals surface area (Å²) in [7, 11) is 4.33. The molecule has 0 radical (unpaired) electrons. The number of likely N-dealkylation sites (N-methyl/N-ethyl adjacent to an activating group) is 1. The largest absolute Gasteiger partial charge is 0.508 e. The molecule has 11 atom stereocenters. The number of primary amides is 1. The Labute approximate surface area is 403 Å². The van der Waals surface area contributed by atoms with E-state index in [1.165, 1.54) is 69.4 Å². The number of nitrogens with two attached hydrogens (primary N) is 2. The lowest BCUT2D eigenvalue weighted by atomic mass is 9.54. The van der Waals surface area contributed by atoms with Gasteiger partial charge in [0.1, 0.15) is 52.3 Å². The summed E-state index contributed by atoms with van der Waals surface area (Å²) in [5.41, 5.74) is 1.83. The van der Waals surface area contributed by atoms with Crippen LogP contribution < -0.4 is 16.2 Å². The van der Waals surface area contributed by atoms with Crippen LogP contribution in [0, 0.1) is 11.8 Å². The molecule has 14 N–H and O–H groups in total. The van der Waals surface area contributed by atoms with Crippen molar-refractivity contribution in [1.29, 1.82) is 0 Å². The fourth-order valence-corrected chi connectivity index (χ4v) is 11.3. The minimum atomic E-state index is -2.75. The Balaban J connectivity index is 0.000000194. The van der Waals surface area contributed by atoms with Gasteiger partial charge in [-0.2, -0.15) is 0 Å². The van der Waals surface area contributed by atoms with E-state index in [1.807, 2.05) is 0 Å². The second-order valence-corrected chi connectivity index (χ2v) is 19.1. The Morgan fingerprint density at radius 2 is 1.55 bits per heavy atom. The smallest absolute Gasteiger partial charge is 0.255 e. The van der Waals surface area contributed by atoms with Crippen LogP contribution in [0.15, 0.2) is 53.3 Å². The van der Waals surface area contributed by atoms with Crippen molar-refractivity contribution in [1.82, 2.24) is 4.90 Å². The van der Waals surface area contributed by atoms with Crippen LogP contribution >= 0.6 is 0 Å². The molecule has 1 heterocycles. The van der Waals surface area contributed by atoms with E-state index in [0.717, 1.165) is 0 Å². The fourth-order valence-electron chi connectivity index (χ4n) is 11.3. The van der Waals surface area contributed by atoms with Crippen molar-refractivity contribution in [3.8, 4) is 23.0 Å². The molecule has 6 aliphatic rings. The van der Waals surface area contributed by atoms with Crippen LogP contribution in [0.2, 0.25) is 0 Å². The van der Waals surface area contributed by atoms with Crippen LogP contribution in [0.5, 0.6) is 23.0 Å². The summed E-state index contributed by atoms with van der Waals surface area (Å²) >= 11 is 0. The average Bonchev–Trinajstić information content (AvgIpc) is 3.30. The number of nitrogens with zero attached hydrogens (tertiary/aromatic N) is 1. The number of hydrogen-bond acceptors (Lipinski definition) is 21. The van der Waals surface area contributed by atoms with E-state index in [0.29, 0.717) is 0 Å². The van der Waals surface area contributed by atoms with Crippen molar-refractivity contribution in [2.24, 2.45) is 23.3 Å². The third-order valence-electron chi connectivity index (χ3n) is 14.8. The first-order chi connectivity index (χ1) is 33.2. The van der Waals surface area contributed by atoms with Crippen molar-refractivity contribution >= 4 is 40.6 Å². The Morgan fingerprint density at radius 1 is 0.901 bits per heavy atom. The molecule has 1 saturated carbocycles. The number of ether oxygens (including phenoxy) is 3. The van der Waals surface area contributed by atoms with Crippen molar-refractivity contribution in [2.45, 2.75) is 93.0 Å². The molecule has 22 heteroatoms. The molecule has 3 aromatic rings. The number of hydrogen-bond donors (Lipinski definition) is 12. The molecule has 22 nitrogen and oxygen atoms in total. The number of phenolic OH excluding ortho intramolecular Hbond substituents is 3. The fraction of sp³-hybridized carbons (Fsp3) is 0.429. The number of carbonyl (C=O) groups is 6. The van der Waals surface area contributed by atoms with Gasteiger partial charge in [-0.05, 0) is 52.1 Å². The third kappa shape index (κ3) is 7.43. The first-order valence-corrected chi connectivity index (χ1v) is 22.4. The monoisotopic (exact) mass is 987 g/mol. The molecule has 3 aromatic carbocycles. The molecule has 0 unspecified atom stereocenters. The van der Waals surface area contributed by atoms with Crippen molar-refractivity contribution in [3.63, 3.8) is 0 Å². The number of amides is 1. The van der Waals surface area contributed by atoms with Gasteiger partial charge in [-0.15, -0.1) is 0 Å². The van der Waals surface area contributed by atoms with Gasteiger partial charge < -0.3 is 76.7 Å². The summed E-state index contributed by atoms with van der Waals surface area (Å²) in [5, 5.41) is 109. The second kappa shape index (κ2) is 17.6. The predicted molar refractivity (Wildman–Crippen MR) is 242 cm³/mol. The molecule has 378 valence electrons. The van der Waals surface area contributed by atoms with Gasteiger partial charge in [-0.1, -0.05) is 24.3 Å². The number of aliphatic hydroxyl groups excluding tert-OH is 4. The number of aromatic hydroxyl groups is 3. The third-order valence-corrected chi connectivity index (χ3v) is 14.8. The first kappa shape index (κ1) is 50.8. The minimum absolute atomic E-state index is 0.0173. The van der Waals surface area contributed by atoms with Crippen LogP contribution in [-0.4, -0.2) is 160 Å². The van der Waals surface area contributed by atoms with Crippen molar-refractivity contribution in [2.75, 3.05) is 27.8 Å². The van der Waals surface area contributed by atoms with E-state index in [9.17, 15) is 79.8 Å². The van der Waals surface area contributed by atoms with Crippen LogP contribution in [0.4, 0.5) is 0 Å². The van der Waals surface area contributed by atoms with Crippen LogP contribution in [0.3, 0.4) is 0 Å². The maximum absolute atomic E-state index is 13.7. The molecule has 1 aliphatic heterocycles. The predicted octanol–water partition coefficient (Wildman–Crippen LogP) is -0.370. The van der Waals surface area contributed by atoms with E-state index >= 15 is 0 Å². The lowest BCUT2D eigenvalue weighted by Gasteiger charge is -2.53. The Morgan fingerprint density at radius 3 is 2.15 bits per heavy atom. The standard InChI is InChI=1S/C27H29NO11.C22H24N2O8/c1-10-22(31)13(28)6-17(38-10)39-15-8-27(36,16(30)9-29)7-12-19(15)26(35)21-20(24(12)33)23(32)11-4-3-5-14(37-2)18(11)25(21)34;1-21(31)8-5-4-6-11(25)12(8)16(26)13-9(21)7-10-15(24(2)3)17(27)14(20(23)30)19(29)22(10,32)18(13)28/h3-5,10,13,15,17,22,29,31,33,35-36H,6-9,28H2,1-2H3;4-6,9-10,15,25-26,29,31-32H,7H2,1-3H3,(H2,23,30)/t10-,13-,15-,17-,22-,27-;9-,10-,15-,21+,22-/m00/s1. The van der Waals surface area contributed by atoms with E-state index < -0.39 is 171 Å². The highest BCUT2D eigenvalue weighted by molar-refractivity contribution is 6.31. The van der Waals surface area contributed by atoms with E-state index in [2.05, 4.69) is 0 Å². The molecule has 5 aliphatic carbocycles. The molecule has 1 saturated heterocycles. The highest BCUT2D eigenvalue weighted by atomic mass is 16.7. The number of benzene rings is 3. The molecular weight excluding hydrogens is 935 g/mol. The van der Waals surface area contributed by atoms with Gasteiger partial charge in [-0.25, -0.2) is 0 Å². The molecule has 9 rings (SSSR count). The maximum Gasteiger partial charge on any atom is 0.255 e. The van der Waals surface area contributed by atoms with Crippen LogP contribution in [0.25, 0.3) is 5.76 Å². The maximum atomic E-state index is 13.7. The van der Waals surface area contributed by atoms with Gasteiger partial charge in [0, 0.05) is 59.4 Å². The van der Waals surface area contributed by atoms with Gasteiger partial charge in [0.15, 0.2) is 29.2 Å². The summed E-state index contributed by atoms with van der Waals surface area (Å²) < 4.78 is 17.0. The number of fused-ring (bicyclic) bond motifs is 6. The Hall–Kier alpha value is -6.60. The lowest BCUT2D eigenvalue weighted by molar-refractivity contribution is -0.247. The zero-order chi connectivity index (χ0) is 52.3. The number of ketones is 5. The first-order valence-electron chi connectivity index (χ1n) is 22.4. The quantitative estimate of drug-likeness (QED) is 0.0830. The average molecular weight is 988 g/mol. The SMILES string of the molecule is CN(C)[C@@H]1C(=O)C(C(N)=O)=C(O)[C@@]2(O)C(=O)C3=C(O)c4c(O)cccc4[C@@](C)(O)[C@H]3C[C@@H]12.COc1cccc2c1C(=O)c1c(O)c3c(c(O)c1C2=O)C[C@@](O)(C(=O)CO)C[C@@H]3O[C@H]1C[C@H](N)[C@@H](O)[C@H](C)O1. The summed E-state index contributed by atoms with van der Waals surface area (Å²) in [6.45, 7) is 1.96. The number of phenols is 3. The lowest BCUT2D eigenvalue weighted by Crippen LogP contribution is -2.67. The van der Waals surface area contributed by atoms with E-state index in [4.69, 9.17) is 25.7 Å². The highest BCUT2D eigenvalue weighted by Gasteiger charge is 2.66. The van der Waals surface area contributed by atoms with E-state index in [-0.39, 0.29) is 52.0 Å². The molecule has 1 amide bonds. The van der Waals surface area contributed by atoms with Crippen LogP contribution in [-0.2, 0) is 40.7 Å². The summed E-state index contributed by atoms with van der Waals surface area (Å²) in [5.74, 6) is -11.7. The minimum Gasteiger partial charge on any atom is -0.508 e. The normalized spacial score (nSPS) is 31.9. The number of aliphatic hydroxyl groups is 7. The molecule has 0 aromatic heterocycles. The van der Waals surface area contributed by atoms with Crippen LogP contribution in [0.1, 0.15) is 93.3 Å². The number of carbonyl (C=O) groups excluding carboxylic acids is 6. The zero-order valence-corrected chi connectivity index (χ0v) is 38.9. The summed E-state index contributed by atoms with van der Waals surface area (Å²) in [6, 6.07) is 6.65. The van der Waals surface area contributed by atoms with Gasteiger partial charge in [0.05, 0.1) is 59.3 Å². The molecule has 0 spiro atoms. The van der Waals surface area contributed by atoms with Gasteiger partial charge in [-0.3, -0.25) is 33.7 Å². The van der Waals surface area contributed by atoms with Gasteiger partial charge in [0.25, 0.3) is 5.91 Å². The van der Waals surface area contributed by atoms with Crippen molar-refractivity contribution < 1.29 is 94.0 Å². The number of rotatable bonds is 7. The second-order valence-electron chi connectivity index (χ2n) is 19.1. The van der Waals surface area contributed by atoms with Crippen molar-refractivity contribution in [3.05, 3.63) is 97.8 Å². The van der Waals surface area contributed by atoms with Gasteiger partial charge in [0.2, 0.25) is 11.6 Å². The van der Waals surface area contributed by atoms with E-state index in [1.54, 1.807) is 6.92 Å². The highest BCUT2D eigenvalue weighted by Crippen LogP contribution is 2.58. The Kier molecular flexibility index (Phi) is 12.6. The Bertz CT molecular complexity index is 2910. The molecular formula is C49H53N3O19. The summed E-state index contributed by atoms with van der Waals surface area (Å²) in [6.07, 6.45) is -5.32. The molecule has 2 fully saturated rings. The number of methoxy groups -OCH3 is 1. The zero-order valence-electron chi connectivity index (χ0n) is 38.9. The molecule has 71 heavy (non-hydrogen) atoms. The number of Topliss-reactive ketones (excluding diaryl/α,β-unsaturated/α-hetero) is 3. The molecule has 0 bridgehead atoms. The topological polar surface area (TPSA) is 388 Å². The van der Waals surface area contributed by atoms with Gasteiger partial charge >= 0.3 is 0 Å². The summed E-state index contributed by atoms with van der Waals surface area (Å²) in [4.78, 5) is 79.7.